The van der Waals surface area contributed by atoms with Gasteiger partial charge in [-0.3, -0.25) is 0 Å². The van der Waals surface area contributed by atoms with Gasteiger partial charge in [0, 0.05) is 13.2 Å². The van der Waals surface area contributed by atoms with Crippen molar-refractivity contribution in [3.63, 3.8) is 0 Å². The van der Waals surface area contributed by atoms with Gasteiger partial charge in [-0.2, -0.15) is 0 Å². The second kappa shape index (κ2) is 7.32. The van der Waals surface area contributed by atoms with Gasteiger partial charge in [-0.15, -0.1) is 0 Å². The standard InChI is InChI=1S/C12H17F2NO2/c1-16-4-5-17-8-11(15)7-9-6-10(13)2-3-12(9)14/h2-3,6,11H,4-5,7-8,15H2,1H3. The molecule has 5 heteroatoms. The highest BCUT2D eigenvalue weighted by atomic mass is 19.1. The smallest absolute Gasteiger partial charge is 0.126 e. The third kappa shape index (κ3) is 5.21. The molecule has 1 aromatic rings. The minimum absolute atomic E-state index is 0.247. The van der Waals surface area contributed by atoms with Crippen molar-refractivity contribution in [3.05, 3.63) is 35.4 Å². The molecule has 0 aliphatic rings. The highest BCUT2D eigenvalue weighted by molar-refractivity contribution is 5.19. The summed E-state index contributed by atoms with van der Waals surface area (Å²) in [6, 6.07) is 2.98. The zero-order valence-corrected chi connectivity index (χ0v) is 9.79. The SMILES string of the molecule is COCCOCC(N)Cc1cc(F)ccc1F. The maximum absolute atomic E-state index is 13.3. The van der Waals surface area contributed by atoms with Crippen LogP contribution in [-0.2, 0) is 15.9 Å². The Labute approximate surface area is 99.5 Å². The van der Waals surface area contributed by atoms with Gasteiger partial charge >= 0.3 is 0 Å². The van der Waals surface area contributed by atoms with Gasteiger partial charge in [-0.05, 0) is 30.2 Å². The molecule has 0 aromatic heterocycles. The first kappa shape index (κ1) is 14.0. The number of hydrogen-bond acceptors (Lipinski definition) is 3. The maximum atomic E-state index is 13.3. The Balaban J connectivity index is 2.39. The summed E-state index contributed by atoms with van der Waals surface area (Å²) in [5.74, 6) is -0.910. The first-order chi connectivity index (χ1) is 8.13. The van der Waals surface area contributed by atoms with Crippen molar-refractivity contribution in [3.8, 4) is 0 Å². The van der Waals surface area contributed by atoms with Crippen LogP contribution < -0.4 is 5.73 Å². The van der Waals surface area contributed by atoms with Gasteiger partial charge in [0.2, 0.25) is 0 Å². The van der Waals surface area contributed by atoms with Crippen LogP contribution in [0, 0.1) is 11.6 Å². The molecule has 0 aliphatic heterocycles. The van der Waals surface area contributed by atoms with E-state index in [1.165, 1.54) is 0 Å². The number of methoxy groups -OCH3 is 1. The summed E-state index contributed by atoms with van der Waals surface area (Å²) >= 11 is 0. The van der Waals surface area contributed by atoms with Crippen molar-refractivity contribution in [2.24, 2.45) is 5.73 Å². The van der Waals surface area contributed by atoms with E-state index in [0.29, 0.717) is 19.8 Å². The minimum Gasteiger partial charge on any atom is -0.382 e. The summed E-state index contributed by atoms with van der Waals surface area (Å²) in [5, 5.41) is 0. The summed E-state index contributed by atoms with van der Waals surface area (Å²) in [4.78, 5) is 0. The molecular formula is C12H17F2NO2. The Morgan fingerprint density at radius 1 is 1.29 bits per heavy atom. The number of halogens is 2. The highest BCUT2D eigenvalue weighted by Crippen LogP contribution is 2.11. The van der Waals surface area contributed by atoms with Crippen LogP contribution in [0.2, 0.25) is 0 Å². The van der Waals surface area contributed by atoms with Crippen LogP contribution in [0.3, 0.4) is 0 Å². The molecule has 0 spiro atoms. The Bertz CT molecular complexity index is 347. The monoisotopic (exact) mass is 245 g/mol. The first-order valence-electron chi connectivity index (χ1n) is 5.39. The van der Waals surface area contributed by atoms with E-state index in [9.17, 15) is 8.78 Å². The van der Waals surface area contributed by atoms with E-state index in [2.05, 4.69) is 0 Å². The number of nitrogens with two attached hydrogens (primary N) is 1. The number of hydrogen-bond donors (Lipinski definition) is 1. The summed E-state index contributed by atoms with van der Waals surface area (Å²) in [6.45, 7) is 1.22. The lowest BCUT2D eigenvalue weighted by molar-refractivity contribution is 0.0636. The molecule has 0 fully saturated rings. The largest absolute Gasteiger partial charge is 0.382 e. The van der Waals surface area contributed by atoms with Crippen molar-refractivity contribution in [1.29, 1.82) is 0 Å². The molecular weight excluding hydrogens is 228 g/mol. The molecule has 96 valence electrons. The van der Waals surface area contributed by atoms with E-state index >= 15 is 0 Å². The Morgan fingerprint density at radius 2 is 2.06 bits per heavy atom. The number of rotatable bonds is 7. The molecule has 0 radical (unpaired) electrons. The maximum Gasteiger partial charge on any atom is 0.126 e. The van der Waals surface area contributed by atoms with Crippen molar-refractivity contribution in [2.45, 2.75) is 12.5 Å². The molecule has 0 heterocycles. The van der Waals surface area contributed by atoms with Gasteiger partial charge in [0.05, 0.1) is 19.8 Å². The summed E-state index contributed by atoms with van der Waals surface area (Å²) < 4.78 is 36.2. The third-order valence-electron chi connectivity index (χ3n) is 2.25. The number of ether oxygens (including phenoxy) is 2. The summed E-state index contributed by atoms with van der Waals surface area (Å²) in [6.07, 6.45) is 0.247. The normalized spacial score (nSPS) is 12.7. The third-order valence-corrected chi connectivity index (χ3v) is 2.25. The molecule has 0 aliphatic carbocycles. The lowest BCUT2D eigenvalue weighted by Crippen LogP contribution is -2.29. The van der Waals surface area contributed by atoms with Crippen molar-refractivity contribution in [2.75, 3.05) is 26.9 Å². The number of benzene rings is 1. The minimum atomic E-state index is -0.464. The van der Waals surface area contributed by atoms with Crippen LogP contribution in [0.4, 0.5) is 8.78 Å². The lowest BCUT2D eigenvalue weighted by Gasteiger charge is -2.12. The second-order valence-corrected chi connectivity index (χ2v) is 3.77. The van der Waals surface area contributed by atoms with Gasteiger partial charge in [-0.25, -0.2) is 8.78 Å². The molecule has 1 atom stereocenters. The van der Waals surface area contributed by atoms with Crippen LogP contribution in [0.5, 0.6) is 0 Å². The fourth-order valence-corrected chi connectivity index (χ4v) is 1.42. The topological polar surface area (TPSA) is 44.5 Å². The predicted molar refractivity (Wildman–Crippen MR) is 60.7 cm³/mol. The van der Waals surface area contributed by atoms with Crippen LogP contribution in [0.1, 0.15) is 5.56 Å². The van der Waals surface area contributed by atoms with Crippen molar-refractivity contribution >= 4 is 0 Å². The molecule has 0 amide bonds. The Morgan fingerprint density at radius 3 is 2.76 bits per heavy atom. The van der Waals surface area contributed by atoms with E-state index in [1.54, 1.807) is 7.11 Å². The average Bonchev–Trinajstić information content (AvgIpc) is 2.29. The predicted octanol–water partition coefficient (Wildman–Crippen LogP) is 1.50. The quantitative estimate of drug-likeness (QED) is 0.740. The molecule has 0 bridgehead atoms. The fraction of sp³-hybridized carbons (Fsp3) is 0.500. The fourth-order valence-electron chi connectivity index (χ4n) is 1.42. The lowest BCUT2D eigenvalue weighted by atomic mass is 10.1. The Kier molecular flexibility index (Phi) is 6.04. The molecule has 3 nitrogen and oxygen atoms in total. The van der Waals surface area contributed by atoms with E-state index in [1.807, 2.05) is 0 Å². The van der Waals surface area contributed by atoms with Gasteiger partial charge in [-0.1, -0.05) is 0 Å². The van der Waals surface area contributed by atoms with Gasteiger partial charge in [0.25, 0.3) is 0 Å². The average molecular weight is 245 g/mol. The first-order valence-corrected chi connectivity index (χ1v) is 5.39. The van der Waals surface area contributed by atoms with E-state index < -0.39 is 11.6 Å². The van der Waals surface area contributed by atoms with Gasteiger partial charge in [0.15, 0.2) is 0 Å². The Hall–Kier alpha value is -1.04. The van der Waals surface area contributed by atoms with E-state index in [0.717, 1.165) is 18.2 Å². The van der Waals surface area contributed by atoms with Gasteiger partial charge < -0.3 is 15.2 Å². The summed E-state index contributed by atoms with van der Waals surface area (Å²) in [5.41, 5.74) is 6.02. The van der Waals surface area contributed by atoms with E-state index in [-0.39, 0.29) is 18.0 Å². The molecule has 0 saturated heterocycles. The second-order valence-electron chi connectivity index (χ2n) is 3.77. The van der Waals surface area contributed by atoms with Crippen LogP contribution in [-0.4, -0.2) is 33.0 Å². The molecule has 1 rings (SSSR count). The molecule has 17 heavy (non-hydrogen) atoms. The highest BCUT2D eigenvalue weighted by Gasteiger charge is 2.09. The zero-order valence-electron chi connectivity index (χ0n) is 9.79. The van der Waals surface area contributed by atoms with E-state index in [4.69, 9.17) is 15.2 Å². The molecule has 1 aromatic carbocycles. The van der Waals surface area contributed by atoms with Crippen LogP contribution in [0.15, 0.2) is 18.2 Å². The van der Waals surface area contributed by atoms with Crippen molar-refractivity contribution in [1.82, 2.24) is 0 Å². The molecule has 1 unspecified atom stereocenters. The van der Waals surface area contributed by atoms with Crippen LogP contribution >= 0.6 is 0 Å². The van der Waals surface area contributed by atoms with Gasteiger partial charge in [0.1, 0.15) is 11.6 Å². The molecule has 2 N–H and O–H groups in total. The van der Waals surface area contributed by atoms with Crippen molar-refractivity contribution < 1.29 is 18.3 Å². The van der Waals surface area contributed by atoms with Crippen LogP contribution in [0.25, 0.3) is 0 Å². The zero-order chi connectivity index (χ0) is 12.7. The molecule has 0 saturated carbocycles. The summed E-state index contributed by atoms with van der Waals surface area (Å²) in [7, 11) is 1.57.